The van der Waals surface area contributed by atoms with Crippen LogP contribution in [0, 0.1) is 17.0 Å². The van der Waals surface area contributed by atoms with Gasteiger partial charge in [-0.3, -0.25) is 10.1 Å². The van der Waals surface area contributed by atoms with Crippen LogP contribution in [-0.4, -0.2) is 22.1 Å². The molecule has 0 unspecified atom stereocenters. The summed E-state index contributed by atoms with van der Waals surface area (Å²) in [5.74, 6) is -0.519. The fraction of sp³-hybridized carbons (Fsp3) is 0.409. The molecule has 0 saturated heterocycles. The second-order valence-electron chi connectivity index (χ2n) is 7.05. The Morgan fingerprint density at radius 3 is 2.43 bits per heavy atom. The molecule has 2 aromatic rings. The first-order chi connectivity index (χ1) is 13.3. The van der Waals surface area contributed by atoms with Gasteiger partial charge in [0.15, 0.2) is 0 Å². The Hall–Kier alpha value is -2.89. The van der Waals surface area contributed by atoms with Crippen LogP contribution in [0.3, 0.4) is 0 Å². The molecule has 1 N–H and O–H groups in total. The van der Waals surface area contributed by atoms with E-state index in [0.29, 0.717) is 16.9 Å². The van der Waals surface area contributed by atoms with Crippen LogP contribution in [-0.2, 0) is 0 Å². The summed E-state index contributed by atoms with van der Waals surface area (Å²) in [5, 5.41) is 20.6. The number of rotatable bonds is 10. The maximum Gasteiger partial charge on any atom is 0.335 e. The van der Waals surface area contributed by atoms with Gasteiger partial charge in [-0.1, -0.05) is 38.3 Å². The Morgan fingerprint density at radius 2 is 1.86 bits per heavy atom. The zero-order valence-corrected chi connectivity index (χ0v) is 16.6. The first-order valence-corrected chi connectivity index (χ1v) is 9.63. The topological polar surface area (TPSA) is 89.7 Å². The predicted octanol–water partition coefficient (Wildman–Crippen LogP) is 6.01. The third-order valence-corrected chi connectivity index (χ3v) is 4.73. The van der Waals surface area contributed by atoms with Crippen molar-refractivity contribution in [3.05, 3.63) is 57.6 Å². The lowest BCUT2D eigenvalue weighted by Crippen LogP contribution is -2.12. The first-order valence-electron chi connectivity index (χ1n) is 9.63. The molecular weight excluding hydrogens is 358 g/mol. The van der Waals surface area contributed by atoms with Crippen LogP contribution in [0.15, 0.2) is 36.4 Å². The molecule has 0 aliphatic carbocycles. The van der Waals surface area contributed by atoms with E-state index in [-0.39, 0.29) is 17.4 Å². The van der Waals surface area contributed by atoms with Crippen molar-refractivity contribution in [2.45, 2.75) is 59.0 Å². The van der Waals surface area contributed by atoms with Crippen LogP contribution in [0.1, 0.15) is 61.9 Å². The predicted molar refractivity (Wildman–Crippen MR) is 109 cm³/mol. The number of nitro benzene ring substituents is 1. The van der Waals surface area contributed by atoms with Crippen molar-refractivity contribution in [3.8, 4) is 16.9 Å². The maximum atomic E-state index is 11.6. The van der Waals surface area contributed by atoms with Gasteiger partial charge in [0.25, 0.3) is 5.69 Å². The molecule has 1 atom stereocenters. The fourth-order valence-corrected chi connectivity index (χ4v) is 3.11. The van der Waals surface area contributed by atoms with E-state index in [1.807, 2.05) is 13.8 Å². The molecule has 0 spiro atoms. The van der Waals surface area contributed by atoms with Crippen LogP contribution in [0.5, 0.6) is 5.75 Å². The van der Waals surface area contributed by atoms with Crippen molar-refractivity contribution in [2.75, 3.05) is 0 Å². The first kappa shape index (κ1) is 21.4. The second-order valence-corrected chi connectivity index (χ2v) is 7.05. The maximum absolute atomic E-state index is 11.6. The largest absolute Gasteiger partial charge is 0.490 e. The summed E-state index contributed by atoms with van der Waals surface area (Å²) in [4.78, 5) is 22.2. The highest BCUT2D eigenvalue weighted by Gasteiger charge is 2.20. The Kier molecular flexibility index (Phi) is 7.55. The SMILES string of the molecule is CCCCCC[C@@H](C)Oc1cc([N+](=O)[O-])c(-c2ccc(C(=O)O)cc2)cc1C. The van der Waals surface area contributed by atoms with E-state index in [1.165, 1.54) is 31.0 Å². The molecule has 28 heavy (non-hydrogen) atoms. The molecule has 0 bridgehead atoms. The number of hydrogen-bond donors (Lipinski definition) is 1. The lowest BCUT2D eigenvalue weighted by molar-refractivity contribution is -0.384. The van der Waals surface area contributed by atoms with E-state index in [1.54, 1.807) is 18.2 Å². The number of ether oxygens (including phenoxy) is 1. The van der Waals surface area contributed by atoms with E-state index < -0.39 is 10.9 Å². The van der Waals surface area contributed by atoms with Crippen molar-refractivity contribution in [3.63, 3.8) is 0 Å². The fourth-order valence-electron chi connectivity index (χ4n) is 3.11. The molecule has 0 fully saturated rings. The van der Waals surface area contributed by atoms with E-state index in [4.69, 9.17) is 9.84 Å². The van der Waals surface area contributed by atoms with Crippen LogP contribution >= 0.6 is 0 Å². The Labute approximate surface area is 165 Å². The van der Waals surface area contributed by atoms with Gasteiger partial charge in [0.2, 0.25) is 0 Å². The van der Waals surface area contributed by atoms with E-state index >= 15 is 0 Å². The normalized spacial score (nSPS) is 11.8. The standard InChI is InChI=1S/C22H27NO5/c1-4-5-6-7-8-16(3)28-21-14-20(23(26)27)19(13-15(21)2)17-9-11-18(12-10-17)22(24)25/h9-14,16H,4-8H2,1-3H3,(H,24,25)/t16-/m1/s1. The quantitative estimate of drug-likeness (QED) is 0.307. The van der Waals surface area contributed by atoms with Gasteiger partial charge in [0, 0.05) is 0 Å². The average Bonchev–Trinajstić information content (AvgIpc) is 2.66. The number of aromatic carboxylic acids is 1. The highest BCUT2D eigenvalue weighted by atomic mass is 16.6. The molecule has 0 aliphatic heterocycles. The minimum atomic E-state index is -1.03. The molecule has 6 heteroatoms. The number of carboxylic acids is 1. The molecule has 0 amide bonds. The molecule has 150 valence electrons. The Bertz CT molecular complexity index is 830. The van der Waals surface area contributed by atoms with E-state index in [0.717, 1.165) is 24.8 Å². The lowest BCUT2D eigenvalue weighted by Gasteiger charge is -2.17. The van der Waals surface area contributed by atoms with E-state index in [2.05, 4.69) is 6.92 Å². The third kappa shape index (κ3) is 5.55. The molecule has 2 rings (SSSR count). The summed E-state index contributed by atoms with van der Waals surface area (Å²) in [5.41, 5.74) is 1.94. The summed E-state index contributed by atoms with van der Waals surface area (Å²) in [6.45, 7) is 6.01. The minimum Gasteiger partial charge on any atom is -0.490 e. The minimum absolute atomic E-state index is 0.0177. The number of carbonyl (C=O) groups is 1. The summed E-state index contributed by atoms with van der Waals surface area (Å²) < 4.78 is 5.98. The average molecular weight is 385 g/mol. The van der Waals surface area contributed by atoms with Gasteiger partial charge in [0.1, 0.15) is 5.75 Å². The highest BCUT2D eigenvalue weighted by Crippen LogP contribution is 2.36. The number of nitrogens with zero attached hydrogens (tertiary/aromatic N) is 1. The molecule has 0 radical (unpaired) electrons. The number of nitro groups is 1. The molecule has 2 aromatic carbocycles. The van der Waals surface area contributed by atoms with Crippen molar-refractivity contribution >= 4 is 11.7 Å². The number of unbranched alkanes of at least 4 members (excludes halogenated alkanes) is 3. The molecule has 6 nitrogen and oxygen atoms in total. The van der Waals surface area contributed by atoms with Crippen LogP contribution in [0.4, 0.5) is 5.69 Å². The highest BCUT2D eigenvalue weighted by molar-refractivity contribution is 5.88. The second kappa shape index (κ2) is 9.88. The van der Waals surface area contributed by atoms with E-state index in [9.17, 15) is 14.9 Å². The van der Waals surface area contributed by atoms with Gasteiger partial charge < -0.3 is 9.84 Å². The number of benzene rings is 2. The Morgan fingerprint density at radius 1 is 1.18 bits per heavy atom. The zero-order valence-electron chi connectivity index (χ0n) is 16.6. The molecule has 0 aromatic heterocycles. The number of aryl methyl sites for hydroxylation is 1. The monoisotopic (exact) mass is 385 g/mol. The summed E-state index contributed by atoms with van der Waals surface area (Å²) in [6.07, 6.45) is 5.50. The zero-order chi connectivity index (χ0) is 20.7. The molecule has 0 heterocycles. The van der Waals surface area contributed by atoms with Crippen LogP contribution < -0.4 is 4.74 Å². The summed E-state index contributed by atoms with van der Waals surface area (Å²) >= 11 is 0. The third-order valence-electron chi connectivity index (χ3n) is 4.73. The molecule has 0 saturated carbocycles. The van der Waals surface area contributed by atoms with Gasteiger partial charge >= 0.3 is 5.97 Å². The molecule has 0 aliphatic rings. The number of hydrogen-bond acceptors (Lipinski definition) is 4. The van der Waals surface area contributed by atoms with Crippen LogP contribution in [0.25, 0.3) is 11.1 Å². The van der Waals surface area contributed by atoms with Crippen LogP contribution in [0.2, 0.25) is 0 Å². The van der Waals surface area contributed by atoms with Crippen molar-refractivity contribution in [1.29, 1.82) is 0 Å². The van der Waals surface area contributed by atoms with Crippen molar-refractivity contribution in [1.82, 2.24) is 0 Å². The van der Waals surface area contributed by atoms with Crippen molar-refractivity contribution < 1.29 is 19.6 Å². The van der Waals surface area contributed by atoms with Gasteiger partial charge in [-0.05, 0) is 56.0 Å². The van der Waals surface area contributed by atoms with Gasteiger partial charge in [0.05, 0.1) is 28.2 Å². The van der Waals surface area contributed by atoms with Crippen molar-refractivity contribution in [2.24, 2.45) is 0 Å². The Balaban J connectivity index is 2.26. The van der Waals surface area contributed by atoms with Gasteiger partial charge in [-0.15, -0.1) is 0 Å². The summed E-state index contributed by atoms with van der Waals surface area (Å²) in [7, 11) is 0. The van der Waals surface area contributed by atoms with Gasteiger partial charge in [-0.2, -0.15) is 0 Å². The van der Waals surface area contributed by atoms with Gasteiger partial charge in [-0.25, -0.2) is 4.79 Å². The molecular formula is C22H27NO5. The number of carboxylic acid groups (broad SMARTS) is 1. The lowest BCUT2D eigenvalue weighted by atomic mass is 9.99. The smallest absolute Gasteiger partial charge is 0.335 e. The summed E-state index contributed by atoms with van der Waals surface area (Å²) in [6, 6.07) is 9.26.